The maximum absolute atomic E-state index is 6.05. The maximum atomic E-state index is 6.05. The first-order chi connectivity index (χ1) is 6.33. The summed E-state index contributed by atoms with van der Waals surface area (Å²) in [6, 6.07) is 9.28. The van der Waals surface area contributed by atoms with Crippen LogP contribution in [-0.2, 0) is 11.8 Å². The van der Waals surface area contributed by atoms with Gasteiger partial charge in [-0.15, -0.1) is 0 Å². The second kappa shape index (κ2) is 2.36. The normalized spacial score (nSPS) is 35.9. The number of benzene rings is 1. The molecule has 1 aromatic rings. The number of rotatable bonds is 0. The van der Waals surface area contributed by atoms with Gasteiger partial charge in [0.05, 0.1) is 0 Å². The lowest BCUT2D eigenvalue weighted by molar-refractivity contribution is 0.526. The summed E-state index contributed by atoms with van der Waals surface area (Å²) in [5, 5.41) is 0. The quantitative estimate of drug-likeness (QED) is 0.638. The molecule has 2 N–H and O–H groups in total. The summed E-state index contributed by atoms with van der Waals surface area (Å²) in [5.74, 6) is 0. The van der Waals surface area contributed by atoms with Crippen molar-refractivity contribution in [3.05, 3.63) is 35.4 Å². The minimum Gasteiger partial charge on any atom is -0.327 e. The summed E-state index contributed by atoms with van der Waals surface area (Å²) in [7, 11) is 0. The Morgan fingerprint density at radius 3 is 2.85 bits per heavy atom. The molecule has 0 aromatic heterocycles. The number of aryl methyl sites for hydroxylation is 1. The van der Waals surface area contributed by atoms with E-state index < -0.39 is 0 Å². The molecule has 2 aliphatic carbocycles. The van der Waals surface area contributed by atoms with Crippen molar-refractivity contribution < 1.29 is 0 Å². The predicted octanol–water partition coefficient (Wildman–Crippen LogP) is 1.99. The van der Waals surface area contributed by atoms with Gasteiger partial charge in [-0.25, -0.2) is 0 Å². The molecule has 1 heteroatoms. The van der Waals surface area contributed by atoms with Crippen LogP contribution in [0.1, 0.15) is 30.4 Å². The summed E-state index contributed by atoms with van der Waals surface area (Å²) < 4.78 is 0. The molecule has 13 heavy (non-hydrogen) atoms. The van der Waals surface area contributed by atoms with Crippen molar-refractivity contribution in [1.82, 2.24) is 0 Å². The minimum atomic E-state index is 0.398. The van der Waals surface area contributed by atoms with Crippen molar-refractivity contribution in [3.63, 3.8) is 0 Å². The van der Waals surface area contributed by atoms with Crippen LogP contribution in [0.2, 0.25) is 0 Å². The van der Waals surface area contributed by atoms with Crippen molar-refractivity contribution in [2.75, 3.05) is 0 Å². The standard InChI is InChI=1S/C12H15N/c13-11-8-12(11)7-3-5-9-4-1-2-6-10(9)12/h1-2,4,6,11H,3,5,7-8,13H2/t11-,12+/m1/s1. The summed E-state index contributed by atoms with van der Waals surface area (Å²) >= 11 is 0. The van der Waals surface area contributed by atoms with Crippen LogP contribution in [0.15, 0.2) is 24.3 Å². The molecule has 2 atom stereocenters. The van der Waals surface area contributed by atoms with Crippen LogP contribution >= 0.6 is 0 Å². The first-order valence-corrected chi connectivity index (χ1v) is 5.17. The van der Waals surface area contributed by atoms with E-state index in [4.69, 9.17) is 5.73 Å². The molecule has 1 aromatic carbocycles. The van der Waals surface area contributed by atoms with Crippen molar-refractivity contribution in [1.29, 1.82) is 0 Å². The summed E-state index contributed by atoms with van der Waals surface area (Å²) in [5.41, 5.74) is 9.54. The van der Waals surface area contributed by atoms with E-state index in [1.54, 1.807) is 11.1 Å². The second-order valence-electron chi connectivity index (χ2n) is 4.48. The fourth-order valence-corrected chi connectivity index (χ4v) is 2.88. The molecule has 1 saturated carbocycles. The van der Waals surface area contributed by atoms with E-state index in [1.807, 2.05) is 0 Å². The number of fused-ring (bicyclic) bond motifs is 2. The van der Waals surface area contributed by atoms with Crippen molar-refractivity contribution in [2.45, 2.75) is 37.1 Å². The van der Waals surface area contributed by atoms with Gasteiger partial charge >= 0.3 is 0 Å². The van der Waals surface area contributed by atoms with E-state index >= 15 is 0 Å². The van der Waals surface area contributed by atoms with Crippen LogP contribution in [-0.4, -0.2) is 6.04 Å². The highest BCUT2D eigenvalue weighted by Gasteiger charge is 2.54. The topological polar surface area (TPSA) is 26.0 Å². The van der Waals surface area contributed by atoms with Crippen LogP contribution in [0.5, 0.6) is 0 Å². The van der Waals surface area contributed by atoms with Crippen molar-refractivity contribution in [2.24, 2.45) is 5.73 Å². The van der Waals surface area contributed by atoms with Gasteiger partial charge < -0.3 is 5.73 Å². The van der Waals surface area contributed by atoms with Gasteiger partial charge in [-0.3, -0.25) is 0 Å². The zero-order valence-corrected chi connectivity index (χ0v) is 7.79. The lowest BCUT2D eigenvalue weighted by atomic mass is 9.80. The van der Waals surface area contributed by atoms with Gasteiger partial charge in [0.25, 0.3) is 0 Å². The zero-order chi connectivity index (χ0) is 8.89. The molecule has 1 fully saturated rings. The number of hydrogen-bond donors (Lipinski definition) is 1. The molecule has 68 valence electrons. The first kappa shape index (κ1) is 7.57. The summed E-state index contributed by atoms with van der Waals surface area (Å²) in [6.45, 7) is 0. The zero-order valence-electron chi connectivity index (χ0n) is 7.79. The van der Waals surface area contributed by atoms with Gasteiger partial charge in [0.2, 0.25) is 0 Å². The van der Waals surface area contributed by atoms with E-state index in [9.17, 15) is 0 Å². The van der Waals surface area contributed by atoms with Crippen molar-refractivity contribution in [3.8, 4) is 0 Å². The Hall–Kier alpha value is -0.820. The average Bonchev–Trinajstić information content (AvgIpc) is 2.79. The van der Waals surface area contributed by atoms with Crippen molar-refractivity contribution >= 4 is 0 Å². The molecule has 0 bridgehead atoms. The third-order valence-electron chi connectivity index (χ3n) is 3.76. The van der Waals surface area contributed by atoms with Crippen LogP contribution in [0.25, 0.3) is 0 Å². The summed E-state index contributed by atoms with van der Waals surface area (Å²) in [6.07, 6.45) is 5.10. The fraction of sp³-hybridized carbons (Fsp3) is 0.500. The highest BCUT2D eigenvalue weighted by atomic mass is 14.8. The lowest BCUT2D eigenvalue weighted by Crippen LogP contribution is -2.23. The third-order valence-corrected chi connectivity index (χ3v) is 3.76. The van der Waals surface area contributed by atoms with Gasteiger partial charge in [0, 0.05) is 11.5 Å². The second-order valence-corrected chi connectivity index (χ2v) is 4.48. The molecule has 0 radical (unpaired) electrons. The Bertz CT molecular complexity index is 345. The van der Waals surface area contributed by atoms with Gasteiger partial charge in [-0.05, 0) is 36.8 Å². The molecule has 0 amide bonds. The highest BCUT2D eigenvalue weighted by Crippen LogP contribution is 2.54. The van der Waals surface area contributed by atoms with Gasteiger partial charge in [0.15, 0.2) is 0 Å². The third kappa shape index (κ3) is 0.910. The number of hydrogen-bond acceptors (Lipinski definition) is 1. The van der Waals surface area contributed by atoms with Gasteiger partial charge in [0.1, 0.15) is 0 Å². The largest absolute Gasteiger partial charge is 0.327 e. The Labute approximate surface area is 78.9 Å². The van der Waals surface area contributed by atoms with E-state index in [1.165, 1.54) is 25.7 Å². The van der Waals surface area contributed by atoms with E-state index in [0.29, 0.717) is 11.5 Å². The van der Waals surface area contributed by atoms with E-state index in [-0.39, 0.29) is 0 Å². The molecule has 0 unspecified atom stereocenters. The molecule has 3 rings (SSSR count). The average molecular weight is 173 g/mol. The molecule has 0 aliphatic heterocycles. The van der Waals surface area contributed by atoms with Crippen LogP contribution in [0.3, 0.4) is 0 Å². The van der Waals surface area contributed by atoms with Gasteiger partial charge in [-0.1, -0.05) is 24.3 Å². The van der Waals surface area contributed by atoms with Crippen LogP contribution < -0.4 is 5.73 Å². The molecular weight excluding hydrogens is 158 g/mol. The lowest BCUT2D eigenvalue weighted by Gasteiger charge is -2.25. The Morgan fingerprint density at radius 2 is 2.08 bits per heavy atom. The molecule has 0 saturated heterocycles. The molecule has 2 aliphatic rings. The smallest absolute Gasteiger partial charge is 0.0146 e. The van der Waals surface area contributed by atoms with Gasteiger partial charge in [-0.2, -0.15) is 0 Å². The monoisotopic (exact) mass is 173 g/mol. The maximum Gasteiger partial charge on any atom is 0.0146 e. The Morgan fingerprint density at radius 1 is 1.31 bits per heavy atom. The predicted molar refractivity (Wildman–Crippen MR) is 53.7 cm³/mol. The SMILES string of the molecule is N[C@@H]1C[C@]12CCCc1ccccc12. The van der Waals surface area contributed by atoms with Crippen LogP contribution in [0.4, 0.5) is 0 Å². The minimum absolute atomic E-state index is 0.398. The van der Waals surface area contributed by atoms with E-state index in [2.05, 4.69) is 24.3 Å². The summed E-state index contributed by atoms with van der Waals surface area (Å²) in [4.78, 5) is 0. The van der Waals surface area contributed by atoms with Crippen LogP contribution in [0, 0.1) is 0 Å². The van der Waals surface area contributed by atoms with E-state index in [0.717, 1.165) is 0 Å². The Balaban J connectivity index is 2.13. The molecule has 1 nitrogen and oxygen atoms in total. The highest BCUT2D eigenvalue weighted by molar-refractivity contribution is 5.43. The molecule has 1 spiro atoms. The Kier molecular flexibility index (Phi) is 1.37. The first-order valence-electron chi connectivity index (χ1n) is 5.17. The fourth-order valence-electron chi connectivity index (χ4n) is 2.88. The molecular formula is C12H15N. The molecule has 0 heterocycles. The number of nitrogens with two attached hydrogens (primary N) is 1.